The third-order valence-corrected chi connectivity index (χ3v) is 7.08. The molecule has 3 aliphatic carbocycles. The van der Waals surface area contributed by atoms with Crippen molar-refractivity contribution in [1.29, 1.82) is 0 Å². The predicted octanol–water partition coefficient (Wildman–Crippen LogP) is 1.20. The lowest BCUT2D eigenvalue weighted by Gasteiger charge is -2.35. The van der Waals surface area contributed by atoms with Crippen LogP contribution >= 0.6 is 0 Å². The maximum Gasteiger partial charge on any atom is 0.190 e. The fourth-order valence-electron chi connectivity index (χ4n) is 5.15. The molecule has 0 heterocycles. The Labute approximate surface area is 149 Å². The summed E-state index contributed by atoms with van der Waals surface area (Å²) in [6.45, 7) is 11.4. The standard InChI is InChI=1S/C20H30O5/c1-9-6-12-13(19(12,4)5)7-14(21)11(3)17(23)15-16(22)10(2)8-20(15,25)18(9)24/h6,10,12-17,21-23,25H,3,7-8H2,1-2,4-5H3/b9-6-/t10-,12+,13-,14+,15+,16-,17-,20+/m0/s1. The average molecular weight is 350 g/mol. The lowest BCUT2D eigenvalue weighted by molar-refractivity contribution is -0.144. The van der Waals surface area contributed by atoms with E-state index in [1.165, 1.54) is 0 Å². The molecule has 4 N–H and O–H groups in total. The van der Waals surface area contributed by atoms with Crippen molar-refractivity contribution in [2.45, 2.75) is 64.4 Å². The molecule has 0 saturated heterocycles. The first kappa shape index (κ1) is 18.8. The second kappa shape index (κ2) is 5.74. The first-order chi connectivity index (χ1) is 11.4. The van der Waals surface area contributed by atoms with Gasteiger partial charge in [0.05, 0.1) is 24.2 Å². The highest BCUT2D eigenvalue weighted by Gasteiger charge is 2.61. The molecule has 0 aromatic carbocycles. The minimum absolute atomic E-state index is 0.0442. The van der Waals surface area contributed by atoms with Crippen LogP contribution in [-0.4, -0.2) is 50.1 Å². The number of rotatable bonds is 0. The second-order valence-electron chi connectivity index (χ2n) is 9.03. The molecule has 3 aliphatic rings. The summed E-state index contributed by atoms with van der Waals surface area (Å²) in [5, 5.41) is 43.0. The van der Waals surface area contributed by atoms with Crippen molar-refractivity contribution in [3.05, 3.63) is 23.8 Å². The van der Waals surface area contributed by atoms with Gasteiger partial charge in [0.15, 0.2) is 5.78 Å². The van der Waals surface area contributed by atoms with Crippen molar-refractivity contribution in [2.24, 2.45) is 29.1 Å². The van der Waals surface area contributed by atoms with Gasteiger partial charge in [-0.15, -0.1) is 0 Å². The minimum atomic E-state index is -1.85. The van der Waals surface area contributed by atoms with Crippen LogP contribution in [0.4, 0.5) is 0 Å². The SMILES string of the molecule is C=C1[C@H](O)C[C@H]2[C@@H](/C=C(/C)C(=O)[C@@]3(O)C[C@H](C)[C@H](O)[C@@H]3[C@H]1O)C2(C)C. The molecule has 25 heavy (non-hydrogen) atoms. The van der Waals surface area contributed by atoms with E-state index in [-0.39, 0.29) is 35.2 Å². The summed E-state index contributed by atoms with van der Waals surface area (Å²) < 4.78 is 0. The topological polar surface area (TPSA) is 98.0 Å². The molecule has 5 nitrogen and oxygen atoms in total. The monoisotopic (exact) mass is 350 g/mol. The molecule has 3 rings (SSSR count). The van der Waals surface area contributed by atoms with Crippen molar-refractivity contribution < 1.29 is 25.2 Å². The molecule has 5 heteroatoms. The maximum absolute atomic E-state index is 13.0. The molecule has 0 unspecified atom stereocenters. The molecule has 2 saturated carbocycles. The van der Waals surface area contributed by atoms with Crippen molar-refractivity contribution in [2.75, 3.05) is 0 Å². The number of aliphatic hydroxyl groups excluding tert-OH is 3. The van der Waals surface area contributed by atoms with E-state index >= 15 is 0 Å². The van der Waals surface area contributed by atoms with E-state index in [2.05, 4.69) is 20.4 Å². The highest BCUT2D eigenvalue weighted by molar-refractivity contribution is 6.02. The molecule has 140 valence electrons. The van der Waals surface area contributed by atoms with Crippen LogP contribution in [0.1, 0.15) is 40.5 Å². The number of Topliss-reactive ketones (excluding diaryl/α,β-unsaturated/α-hetero) is 1. The van der Waals surface area contributed by atoms with Gasteiger partial charge in [-0.05, 0) is 54.1 Å². The number of carbonyl (C=O) groups excluding carboxylic acids is 1. The predicted molar refractivity (Wildman–Crippen MR) is 93.5 cm³/mol. The Morgan fingerprint density at radius 2 is 1.84 bits per heavy atom. The van der Waals surface area contributed by atoms with Gasteiger partial charge in [0.1, 0.15) is 5.60 Å². The third-order valence-electron chi connectivity index (χ3n) is 7.08. The summed E-state index contributed by atoms with van der Waals surface area (Å²) >= 11 is 0. The maximum atomic E-state index is 13.0. The van der Waals surface area contributed by atoms with Crippen molar-refractivity contribution in [1.82, 2.24) is 0 Å². The number of hydrogen-bond acceptors (Lipinski definition) is 5. The van der Waals surface area contributed by atoms with E-state index in [0.717, 1.165) is 0 Å². The third kappa shape index (κ3) is 2.64. The van der Waals surface area contributed by atoms with Gasteiger partial charge in [-0.2, -0.15) is 0 Å². The summed E-state index contributed by atoms with van der Waals surface area (Å²) in [5.41, 5.74) is -1.26. The number of ketones is 1. The Morgan fingerprint density at radius 3 is 2.44 bits per heavy atom. The summed E-state index contributed by atoms with van der Waals surface area (Å²) in [5.74, 6) is -1.53. The van der Waals surface area contributed by atoms with Gasteiger partial charge in [-0.1, -0.05) is 33.4 Å². The van der Waals surface area contributed by atoms with Gasteiger partial charge < -0.3 is 20.4 Å². The van der Waals surface area contributed by atoms with E-state index in [4.69, 9.17) is 0 Å². The molecule has 0 radical (unpaired) electrons. The molecule has 0 aromatic rings. The zero-order chi connectivity index (χ0) is 18.9. The van der Waals surface area contributed by atoms with Crippen molar-refractivity contribution >= 4 is 5.78 Å². The highest BCUT2D eigenvalue weighted by atomic mass is 16.3. The second-order valence-corrected chi connectivity index (χ2v) is 9.03. The van der Waals surface area contributed by atoms with Crippen molar-refractivity contribution in [3.8, 4) is 0 Å². The fraction of sp³-hybridized carbons (Fsp3) is 0.750. The van der Waals surface area contributed by atoms with Crippen LogP contribution in [0.15, 0.2) is 23.8 Å². The fourth-order valence-corrected chi connectivity index (χ4v) is 5.15. The van der Waals surface area contributed by atoms with Gasteiger partial charge in [-0.3, -0.25) is 4.79 Å². The summed E-state index contributed by atoms with van der Waals surface area (Å²) in [6.07, 6.45) is -0.880. The number of hydrogen-bond donors (Lipinski definition) is 4. The number of aliphatic hydroxyl groups is 4. The Hall–Kier alpha value is -1.01. The summed E-state index contributed by atoms with van der Waals surface area (Å²) in [4.78, 5) is 13.0. The van der Waals surface area contributed by atoms with Crippen LogP contribution in [0, 0.1) is 29.1 Å². The van der Waals surface area contributed by atoms with Crippen LogP contribution in [0.5, 0.6) is 0 Å². The van der Waals surface area contributed by atoms with Gasteiger partial charge >= 0.3 is 0 Å². The number of allylic oxidation sites excluding steroid dienone is 1. The largest absolute Gasteiger partial charge is 0.392 e. The normalized spacial score (nSPS) is 51.8. The minimum Gasteiger partial charge on any atom is -0.392 e. The van der Waals surface area contributed by atoms with Crippen LogP contribution in [-0.2, 0) is 4.79 Å². The van der Waals surface area contributed by atoms with Gasteiger partial charge in [-0.25, -0.2) is 0 Å². The van der Waals surface area contributed by atoms with Crippen LogP contribution in [0.2, 0.25) is 0 Å². The molecule has 0 aromatic heterocycles. The van der Waals surface area contributed by atoms with Crippen LogP contribution < -0.4 is 0 Å². The quantitative estimate of drug-likeness (QED) is 0.492. The summed E-state index contributed by atoms with van der Waals surface area (Å²) in [6, 6.07) is 0. The van der Waals surface area contributed by atoms with Gasteiger partial charge in [0.2, 0.25) is 0 Å². The first-order valence-electron chi connectivity index (χ1n) is 9.11. The molecule has 8 atom stereocenters. The van der Waals surface area contributed by atoms with E-state index in [9.17, 15) is 25.2 Å². The van der Waals surface area contributed by atoms with Gasteiger partial charge in [0, 0.05) is 0 Å². The number of carbonyl (C=O) groups is 1. The lowest BCUT2D eigenvalue weighted by atomic mass is 9.77. The Kier molecular flexibility index (Phi) is 4.31. The van der Waals surface area contributed by atoms with E-state index < -0.39 is 35.6 Å². The van der Waals surface area contributed by atoms with Crippen LogP contribution in [0.3, 0.4) is 0 Å². The van der Waals surface area contributed by atoms with E-state index in [1.54, 1.807) is 13.8 Å². The smallest absolute Gasteiger partial charge is 0.190 e. The molecule has 2 fully saturated rings. The Morgan fingerprint density at radius 1 is 1.24 bits per heavy atom. The number of fused-ring (bicyclic) bond motifs is 2. The summed E-state index contributed by atoms with van der Waals surface area (Å²) in [7, 11) is 0. The molecule has 0 amide bonds. The van der Waals surface area contributed by atoms with E-state index in [0.29, 0.717) is 12.0 Å². The molecule has 0 bridgehead atoms. The molecular weight excluding hydrogens is 320 g/mol. The van der Waals surface area contributed by atoms with Crippen molar-refractivity contribution in [3.63, 3.8) is 0 Å². The zero-order valence-corrected chi connectivity index (χ0v) is 15.4. The molecular formula is C20H30O5. The van der Waals surface area contributed by atoms with Crippen LogP contribution in [0.25, 0.3) is 0 Å². The van der Waals surface area contributed by atoms with E-state index in [1.807, 2.05) is 6.08 Å². The Bertz CT molecular complexity index is 636. The Balaban J connectivity index is 2.08. The average Bonchev–Trinajstić information content (AvgIpc) is 2.92. The lowest BCUT2D eigenvalue weighted by Crippen LogP contribution is -2.51. The molecule has 0 spiro atoms. The zero-order valence-electron chi connectivity index (χ0n) is 15.4. The molecule has 0 aliphatic heterocycles. The first-order valence-corrected chi connectivity index (χ1v) is 9.11. The van der Waals surface area contributed by atoms with Gasteiger partial charge in [0.25, 0.3) is 0 Å². The highest BCUT2D eigenvalue weighted by Crippen LogP contribution is 2.62.